The number of anilines is 2. The SMILES string of the molecule is CC(C)Oc1ccccc1NCCC(=O)Nc1ccc(F)c(Cl)c1. The number of ether oxygens (including phenoxy) is 1. The minimum atomic E-state index is -0.516. The Balaban J connectivity index is 1.85. The molecular formula is C18H20ClFN2O2. The Hall–Kier alpha value is -2.27. The van der Waals surface area contributed by atoms with Gasteiger partial charge in [-0.25, -0.2) is 4.39 Å². The lowest BCUT2D eigenvalue weighted by Crippen LogP contribution is -2.17. The topological polar surface area (TPSA) is 50.4 Å². The van der Waals surface area contributed by atoms with E-state index in [2.05, 4.69) is 10.6 Å². The molecule has 0 aromatic heterocycles. The number of rotatable bonds is 7. The second-order valence-corrected chi connectivity index (χ2v) is 5.92. The van der Waals surface area contributed by atoms with Crippen LogP contribution in [0.3, 0.4) is 0 Å². The zero-order valence-corrected chi connectivity index (χ0v) is 14.4. The molecule has 0 unspecified atom stereocenters. The van der Waals surface area contributed by atoms with Crippen LogP contribution in [-0.2, 0) is 4.79 Å². The van der Waals surface area contributed by atoms with Crippen LogP contribution < -0.4 is 15.4 Å². The van der Waals surface area contributed by atoms with Gasteiger partial charge in [-0.05, 0) is 44.2 Å². The molecule has 128 valence electrons. The van der Waals surface area contributed by atoms with Gasteiger partial charge in [0.25, 0.3) is 0 Å². The van der Waals surface area contributed by atoms with Gasteiger partial charge in [-0.2, -0.15) is 0 Å². The molecule has 6 heteroatoms. The van der Waals surface area contributed by atoms with Crippen molar-refractivity contribution >= 4 is 28.9 Å². The fourth-order valence-corrected chi connectivity index (χ4v) is 2.26. The molecule has 0 bridgehead atoms. The highest BCUT2D eigenvalue weighted by Crippen LogP contribution is 2.24. The summed E-state index contributed by atoms with van der Waals surface area (Å²) in [6.07, 6.45) is 0.324. The molecule has 0 radical (unpaired) electrons. The number of benzene rings is 2. The number of amides is 1. The Labute approximate surface area is 146 Å². The summed E-state index contributed by atoms with van der Waals surface area (Å²) in [5.41, 5.74) is 1.30. The Kier molecular flexibility index (Phi) is 6.44. The van der Waals surface area contributed by atoms with E-state index in [0.29, 0.717) is 12.2 Å². The van der Waals surface area contributed by atoms with Gasteiger partial charge in [0.15, 0.2) is 0 Å². The Morgan fingerprint density at radius 1 is 1.25 bits per heavy atom. The minimum absolute atomic E-state index is 0.0225. The molecule has 0 spiro atoms. The third-order valence-corrected chi connectivity index (χ3v) is 3.41. The Morgan fingerprint density at radius 3 is 2.71 bits per heavy atom. The van der Waals surface area contributed by atoms with E-state index >= 15 is 0 Å². The van der Waals surface area contributed by atoms with Crippen molar-refractivity contribution in [3.8, 4) is 5.75 Å². The van der Waals surface area contributed by atoms with Crippen molar-refractivity contribution in [1.29, 1.82) is 0 Å². The number of halogens is 2. The second-order valence-electron chi connectivity index (χ2n) is 5.52. The van der Waals surface area contributed by atoms with E-state index in [1.54, 1.807) is 0 Å². The first kappa shape index (κ1) is 18.1. The molecule has 2 aromatic rings. The van der Waals surface area contributed by atoms with E-state index in [1.165, 1.54) is 18.2 Å². The molecule has 0 saturated carbocycles. The summed E-state index contributed by atoms with van der Waals surface area (Å²) in [5, 5.41) is 5.84. The third-order valence-electron chi connectivity index (χ3n) is 3.12. The van der Waals surface area contributed by atoms with Gasteiger partial charge in [0.1, 0.15) is 11.6 Å². The molecule has 1 amide bonds. The smallest absolute Gasteiger partial charge is 0.226 e. The largest absolute Gasteiger partial charge is 0.489 e. The Bertz CT molecular complexity index is 707. The average Bonchev–Trinajstić information content (AvgIpc) is 2.52. The predicted molar refractivity (Wildman–Crippen MR) is 95.4 cm³/mol. The highest BCUT2D eigenvalue weighted by molar-refractivity contribution is 6.31. The summed E-state index contributed by atoms with van der Waals surface area (Å²) in [7, 11) is 0. The molecule has 0 aliphatic rings. The zero-order chi connectivity index (χ0) is 17.5. The summed E-state index contributed by atoms with van der Waals surface area (Å²) in [5.74, 6) is 0.0451. The fraction of sp³-hybridized carbons (Fsp3) is 0.278. The lowest BCUT2D eigenvalue weighted by Gasteiger charge is -2.15. The lowest BCUT2D eigenvalue weighted by atomic mass is 10.2. The predicted octanol–water partition coefficient (Wildman–Crippen LogP) is 4.71. The van der Waals surface area contributed by atoms with Crippen molar-refractivity contribution in [1.82, 2.24) is 0 Å². The van der Waals surface area contributed by atoms with Crippen LogP contribution in [-0.4, -0.2) is 18.6 Å². The summed E-state index contributed by atoms with van der Waals surface area (Å²) < 4.78 is 18.8. The van der Waals surface area contributed by atoms with Gasteiger partial charge < -0.3 is 15.4 Å². The first-order chi connectivity index (χ1) is 11.5. The van der Waals surface area contributed by atoms with E-state index in [9.17, 15) is 9.18 Å². The van der Waals surface area contributed by atoms with Crippen LogP contribution in [0.5, 0.6) is 5.75 Å². The fourth-order valence-electron chi connectivity index (χ4n) is 2.08. The van der Waals surface area contributed by atoms with Gasteiger partial charge in [0.05, 0.1) is 16.8 Å². The van der Waals surface area contributed by atoms with Gasteiger partial charge in [0.2, 0.25) is 5.91 Å². The zero-order valence-electron chi connectivity index (χ0n) is 13.6. The number of carbonyl (C=O) groups excluding carboxylic acids is 1. The van der Waals surface area contributed by atoms with E-state index in [4.69, 9.17) is 16.3 Å². The maximum atomic E-state index is 13.1. The van der Waals surface area contributed by atoms with Crippen LogP contribution in [0.25, 0.3) is 0 Å². The lowest BCUT2D eigenvalue weighted by molar-refractivity contribution is -0.115. The van der Waals surface area contributed by atoms with Crippen molar-refractivity contribution in [2.45, 2.75) is 26.4 Å². The first-order valence-corrected chi connectivity index (χ1v) is 8.08. The maximum absolute atomic E-state index is 13.1. The summed E-state index contributed by atoms with van der Waals surface area (Å²) >= 11 is 5.69. The number of hydrogen-bond acceptors (Lipinski definition) is 3. The summed E-state index contributed by atoms with van der Waals surface area (Å²) in [6.45, 7) is 4.36. The second kappa shape index (κ2) is 8.55. The molecule has 0 saturated heterocycles. The van der Waals surface area contributed by atoms with E-state index in [0.717, 1.165) is 11.4 Å². The Morgan fingerprint density at radius 2 is 2.00 bits per heavy atom. The van der Waals surface area contributed by atoms with Crippen molar-refractivity contribution in [2.75, 3.05) is 17.2 Å². The van der Waals surface area contributed by atoms with Crippen molar-refractivity contribution < 1.29 is 13.9 Å². The molecule has 24 heavy (non-hydrogen) atoms. The first-order valence-electron chi connectivity index (χ1n) is 7.70. The molecular weight excluding hydrogens is 331 g/mol. The van der Waals surface area contributed by atoms with Gasteiger partial charge in [-0.15, -0.1) is 0 Å². The van der Waals surface area contributed by atoms with Gasteiger partial charge in [-0.3, -0.25) is 4.79 Å². The number of nitrogens with one attached hydrogen (secondary N) is 2. The molecule has 0 aliphatic carbocycles. The molecule has 2 rings (SSSR count). The van der Waals surface area contributed by atoms with Gasteiger partial charge in [0, 0.05) is 18.7 Å². The van der Waals surface area contributed by atoms with Gasteiger partial charge >= 0.3 is 0 Å². The molecule has 0 aliphatic heterocycles. The molecule has 0 atom stereocenters. The molecule has 2 aromatic carbocycles. The normalized spacial score (nSPS) is 10.5. The number of hydrogen-bond donors (Lipinski definition) is 2. The molecule has 0 fully saturated rings. The van der Waals surface area contributed by atoms with E-state index < -0.39 is 5.82 Å². The molecule has 2 N–H and O–H groups in total. The van der Waals surface area contributed by atoms with Crippen LogP contribution in [0, 0.1) is 5.82 Å². The van der Waals surface area contributed by atoms with Gasteiger partial charge in [-0.1, -0.05) is 23.7 Å². The third kappa shape index (κ3) is 5.42. The quantitative estimate of drug-likeness (QED) is 0.760. The molecule has 4 nitrogen and oxygen atoms in total. The van der Waals surface area contributed by atoms with Crippen LogP contribution in [0.15, 0.2) is 42.5 Å². The highest BCUT2D eigenvalue weighted by Gasteiger charge is 2.07. The number of carbonyl (C=O) groups is 1. The van der Waals surface area contributed by atoms with Crippen molar-refractivity contribution in [3.63, 3.8) is 0 Å². The number of para-hydroxylation sites is 2. The highest BCUT2D eigenvalue weighted by atomic mass is 35.5. The van der Waals surface area contributed by atoms with Crippen LogP contribution in [0.1, 0.15) is 20.3 Å². The van der Waals surface area contributed by atoms with Crippen LogP contribution in [0.4, 0.5) is 15.8 Å². The average molecular weight is 351 g/mol. The minimum Gasteiger partial charge on any atom is -0.489 e. The molecule has 0 heterocycles. The van der Waals surface area contributed by atoms with Crippen molar-refractivity contribution in [3.05, 3.63) is 53.3 Å². The standard InChI is InChI=1S/C18H20ClFN2O2/c1-12(2)24-17-6-4-3-5-16(17)21-10-9-18(23)22-13-7-8-15(20)14(19)11-13/h3-8,11-12,21H,9-10H2,1-2H3,(H,22,23). The van der Waals surface area contributed by atoms with E-state index in [-0.39, 0.29) is 23.5 Å². The summed E-state index contributed by atoms with van der Waals surface area (Å²) in [4.78, 5) is 11.9. The maximum Gasteiger partial charge on any atom is 0.226 e. The monoisotopic (exact) mass is 350 g/mol. The summed E-state index contributed by atoms with van der Waals surface area (Å²) in [6, 6.07) is 11.6. The van der Waals surface area contributed by atoms with E-state index in [1.807, 2.05) is 38.1 Å². The van der Waals surface area contributed by atoms with Crippen molar-refractivity contribution in [2.24, 2.45) is 0 Å². The van der Waals surface area contributed by atoms with Crippen LogP contribution >= 0.6 is 11.6 Å². The van der Waals surface area contributed by atoms with Crippen LogP contribution in [0.2, 0.25) is 5.02 Å².